The van der Waals surface area contributed by atoms with Crippen LogP contribution >= 0.6 is 24.0 Å². The molecule has 0 unspecified atom stereocenters. The van der Waals surface area contributed by atoms with Crippen molar-refractivity contribution in [1.82, 2.24) is 15.5 Å². The summed E-state index contributed by atoms with van der Waals surface area (Å²) in [5, 5.41) is 6.45. The largest absolute Gasteiger partial charge is 0.357 e. The highest BCUT2D eigenvalue weighted by Gasteiger charge is 2.22. The van der Waals surface area contributed by atoms with E-state index in [9.17, 15) is 9.18 Å². The molecule has 1 amide bonds. The number of nitrogens with zero attached hydrogens (tertiary/aromatic N) is 2. The van der Waals surface area contributed by atoms with Crippen LogP contribution in [0.4, 0.5) is 4.39 Å². The number of amides is 1. The SMILES string of the molecule is CCNC(=NCc1ccc(F)cc1)NCCCC(=O)N1Cc2ccccc2C1.I. The summed E-state index contributed by atoms with van der Waals surface area (Å²) in [5.41, 5.74) is 3.44. The molecule has 156 valence electrons. The van der Waals surface area contributed by atoms with E-state index in [-0.39, 0.29) is 35.7 Å². The molecule has 1 aliphatic heterocycles. The van der Waals surface area contributed by atoms with Gasteiger partial charge in [-0.15, -0.1) is 24.0 Å². The minimum absolute atomic E-state index is 0. The van der Waals surface area contributed by atoms with Crippen LogP contribution in [0, 0.1) is 5.82 Å². The Labute approximate surface area is 188 Å². The average Bonchev–Trinajstić information content (AvgIpc) is 3.14. The first-order chi connectivity index (χ1) is 13.7. The Hall–Kier alpha value is -2.16. The highest BCUT2D eigenvalue weighted by molar-refractivity contribution is 14.0. The molecule has 2 aromatic rings. The molecule has 29 heavy (non-hydrogen) atoms. The lowest BCUT2D eigenvalue weighted by molar-refractivity contribution is -0.131. The van der Waals surface area contributed by atoms with Crippen molar-refractivity contribution in [2.45, 2.75) is 39.4 Å². The minimum Gasteiger partial charge on any atom is -0.357 e. The van der Waals surface area contributed by atoms with Crippen LogP contribution in [0.15, 0.2) is 53.5 Å². The number of fused-ring (bicyclic) bond motifs is 1. The van der Waals surface area contributed by atoms with Crippen molar-refractivity contribution in [2.75, 3.05) is 13.1 Å². The van der Waals surface area contributed by atoms with E-state index in [1.807, 2.05) is 24.0 Å². The summed E-state index contributed by atoms with van der Waals surface area (Å²) < 4.78 is 13.0. The average molecular weight is 510 g/mol. The van der Waals surface area contributed by atoms with Gasteiger partial charge in [-0.2, -0.15) is 0 Å². The lowest BCUT2D eigenvalue weighted by atomic mass is 10.1. The Balaban J connectivity index is 0.00000300. The van der Waals surface area contributed by atoms with Crippen molar-refractivity contribution in [3.63, 3.8) is 0 Å². The first kappa shape index (κ1) is 23.1. The molecule has 0 aromatic heterocycles. The number of hydrogen-bond acceptors (Lipinski definition) is 2. The van der Waals surface area contributed by atoms with Crippen LogP contribution in [-0.4, -0.2) is 29.9 Å². The molecule has 3 rings (SSSR count). The zero-order valence-electron chi connectivity index (χ0n) is 16.7. The second-order valence-electron chi connectivity index (χ2n) is 6.87. The van der Waals surface area contributed by atoms with Gasteiger partial charge in [-0.1, -0.05) is 36.4 Å². The first-order valence-corrected chi connectivity index (χ1v) is 9.77. The van der Waals surface area contributed by atoms with Gasteiger partial charge in [-0.05, 0) is 42.2 Å². The van der Waals surface area contributed by atoms with Crippen molar-refractivity contribution >= 4 is 35.8 Å². The third-order valence-electron chi connectivity index (χ3n) is 4.73. The quantitative estimate of drug-likeness (QED) is 0.258. The Morgan fingerprint density at radius 3 is 2.34 bits per heavy atom. The van der Waals surface area contributed by atoms with Crippen LogP contribution in [-0.2, 0) is 24.4 Å². The number of halogens is 2. The van der Waals surface area contributed by atoms with Gasteiger partial charge in [-0.3, -0.25) is 4.79 Å². The van der Waals surface area contributed by atoms with E-state index in [0.29, 0.717) is 38.6 Å². The molecule has 5 nitrogen and oxygen atoms in total. The van der Waals surface area contributed by atoms with Crippen LogP contribution in [0.1, 0.15) is 36.5 Å². The van der Waals surface area contributed by atoms with E-state index < -0.39 is 0 Å². The van der Waals surface area contributed by atoms with E-state index in [1.165, 1.54) is 23.3 Å². The molecule has 0 saturated heterocycles. The van der Waals surface area contributed by atoms with Crippen LogP contribution in [0.5, 0.6) is 0 Å². The summed E-state index contributed by atoms with van der Waals surface area (Å²) in [7, 11) is 0. The molecule has 0 atom stereocenters. The predicted octanol–water partition coefficient (Wildman–Crippen LogP) is 3.82. The van der Waals surface area contributed by atoms with Crippen molar-refractivity contribution in [1.29, 1.82) is 0 Å². The van der Waals surface area contributed by atoms with E-state index in [0.717, 1.165) is 18.5 Å². The number of rotatable bonds is 7. The predicted molar refractivity (Wildman–Crippen MR) is 125 cm³/mol. The van der Waals surface area contributed by atoms with Crippen LogP contribution in [0.25, 0.3) is 0 Å². The number of carbonyl (C=O) groups is 1. The van der Waals surface area contributed by atoms with Crippen LogP contribution < -0.4 is 10.6 Å². The van der Waals surface area contributed by atoms with Gasteiger partial charge in [0.15, 0.2) is 5.96 Å². The summed E-state index contributed by atoms with van der Waals surface area (Å²) in [5.74, 6) is 0.641. The molecule has 2 aromatic carbocycles. The highest BCUT2D eigenvalue weighted by Crippen LogP contribution is 2.22. The van der Waals surface area contributed by atoms with Crippen molar-refractivity contribution < 1.29 is 9.18 Å². The number of nitrogens with one attached hydrogen (secondary N) is 2. The van der Waals surface area contributed by atoms with Gasteiger partial charge < -0.3 is 15.5 Å². The molecule has 0 bridgehead atoms. The highest BCUT2D eigenvalue weighted by atomic mass is 127. The van der Waals surface area contributed by atoms with Gasteiger partial charge >= 0.3 is 0 Å². The Bertz CT molecular complexity index is 801. The molecule has 7 heteroatoms. The van der Waals surface area contributed by atoms with Gasteiger partial charge in [-0.25, -0.2) is 9.38 Å². The molecule has 1 aliphatic rings. The fraction of sp³-hybridized carbons (Fsp3) is 0.364. The summed E-state index contributed by atoms with van der Waals surface area (Å²) in [4.78, 5) is 18.9. The fourth-order valence-electron chi connectivity index (χ4n) is 3.22. The second kappa shape index (κ2) is 11.7. The monoisotopic (exact) mass is 510 g/mol. The molecule has 0 radical (unpaired) electrons. The lowest BCUT2D eigenvalue weighted by Crippen LogP contribution is -2.38. The molecule has 0 fully saturated rings. The Morgan fingerprint density at radius 2 is 1.72 bits per heavy atom. The Morgan fingerprint density at radius 1 is 1.07 bits per heavy atom. The molecule has 0 spiro atoms. The summed E-state index contributed by atoms with van der Waals surface area (Å²) in [6.07, 6.45) is 1.25. The number of aliphatic imine (C=N–C) groups is 1. The fourth-order valence-corrected chi connectivity index (χ4v) is 3.22. The molecular formula is C22H28FIN4O. The number of guanidine groups is 1. The second-order valence-corrected chi connectivity index (χ2v) is 6.87. The topological polar surface area (TPSA) is 56.7 Å². The van der Waals surface area contributed by atoms with Gasteiger partial charge in [0.1, 0.15) is 5.82 Å². The summed E-state index contributed by atoms with van der Waals surface area (Å²) in [6, 6.07) is 14.6. The van der Waals surface area contributed by atoms with E-state index in [1.54, 1.807) is 12.1 Å². The van der Waals surface area contributed by atoms with E-state index in [2.05, 4.69) is 27.8 Å². The maximum atomic E-state index is 13.0. The van der Waals surface area contributed by atoms with Gasteiger partial charge in [0.05, 0.1) is 6.54 Å². The zero-order chi connectivity index (χ0) is 19.8. The first-order valence-electron chi connectivity index (χ1n) is 9.77. The van der Waals surface area contributed by atoms with Gasteiger partial charge in [0.2, 0.25) is 5.91 Å². The van der Waals surface area contributed by atoms with Gasteiger partial charge in [0, 0.05) is 32.6 Å². The van der Waals surface area contributed by atoms with Crippen molar-refractivity contribution in [2.24, 2.45) is 4.99 Å². The lowest BCUT2D eigenvalue weighted by Gasteiger charge is -2.16. The number of benzene rings is 2. The van der Waals surface area contributed by atoms with Gasteiger partial charge in [0.25, 0.3) is 0 Å². The summed E-state index contributed by atoms with van der Waals surface area (Å²) >= 11 is 0. The maximum absolute atomic E-state index is 13.0. The number of carbonyl (C=O) groups excluding carboxylic acids is 1. The smallest absolute Gasteiger partial charge is 0.223 e. The third kappa shape index (κ3) is 6.99. The normalized spacial score (nSPS) is 12.9. The number of hydrogen-bond donors (Lipinski definition) is 2. The van der Waals surface area contributed by atoms with Crippen molar-refractivity contribution in [3.05, 3.63) is 71.0 Å². The van der Waals surface area contributed by atoms with Crippen LogP contribution in [0.2, 0.25) is 0 Å². The van der Waals surface area contributed by atoms with Crippen molar-refractivity contribution in [3.8, 4) is 0 Å². The minimum atomic E-state index is -0.247. The zero-order valence-corrected chi connectivity index (χ0v) is 19.0. The van der Waals surface area contributed by atoms with E-state index in [4.69, 9.17) is 0 Å². The Kier molecular flexibility index (Phi) is 9.37. The molecule has 0 aliphatic carbocycles. The summed E-state index contributed by atoms with van der Waals surface area (Å²) in [6.45, 7) is 5.32. The molecule has 0 saturated carbocycles. The third-order valence-corrected chi connectivity index (χ3v) is 4.73. The molecule has 2 N–H and O–H groups in total. The van der Waals surface area contributed by atoms with Crippen LogP contribution in [0.3, 0.4) is 0 Å². The molecule has 1 heterocycles. The standard InChI is InChI=1S/C22H27FN4O.HI/c1-2-24-22(26-14-17-9-11-20(23)12-10-17)25-13-5-8-21(28)27-15-18-6-3-4-7-19(18)16-27;/h3-4,6-7,9-12H,2,5,8,13-16H2,1H3,(H2,24,25,26);1H. The molecular weight excluding hydrogens is 482 g/mol. The maximum Gasteiger partial charge on any atom is 0.223 e. The van der Waals surface area contributed by atoms with E-state index >= 15 is 0 Å².